The number of ether oxygens (including phenoxy) is 1. The molecule has 0 aliphatic heterocycles. The molecule has 0 unspecified atom stereocenters. The predicted octanol–water partition coefficient (Wildman–Crippen LogP) is 2.42. The molecule has 6 nitrogen and oxygen atoms in total. The molecule has 2 aliphatic carbocycles. The van der Waals surface area contributed by atoms with Crippen LogP contribution in [0.3, 0.4) is 0 Å². The van der Waals surface area contributed by atoms with Crippen LogP contribution in [0.15, 0.2) is 30.9 Å². The summed E-state index contributed by atoms with van der Waals surface area (Å²) in [6, 6.07) is 2.32. The Bertz CT molecular complexity index is 638. The summed E-state index contributed by atoms with van der Waals surface area (Å²) < 4.78 is 7.62. The highest BCUT2D eigenvalue weighted by atomic mass is 16.5. The quantitative estimate of drug-likeness (QED) is 0.918. The van der Waals surface area contributed by atoms with Gasteiger partial charge in [0.15, 0.2) is 5.82 Å². The van der Waals surface area contributed by atoms with Gasteiger partial charge in [0, 0.05) is 30.5 Å². The number of rotatable bonds is 5. The van der Waals surface area contributed by atoms with Gasteiger partial charge in [0.25, 0.3) is 0 Å². The molecule has 2 atom stereocenters. The van der Waals surface area contributed by atoms with Crippen LogP contribution in [-0.4, -0.2) is 38.5 Å². The molecule has 1 spiro atoms. The van der Waals surface area contributed by atoms with Gasteiger partial charge in [-0.05, 0) is 32.3 Å². The van der Waals surface area contributed by atoms with E-state index >= 15 is 0 Å². The second-order valence-electron chi connectivity index (χ2n) is 6.18. The van der Waals surface area contributed by atoms with Crippen LogP contribution in [0.5, 0.6) is 0 Å². The summed E-state index contributed by atoms with van der Waals surface area (Å²) >= 11 is 0. The normalized spacial score (nSPS) is 25.5. The molecule has 6 heteroatoms. The fourth-order valence-electron chi connectivity index (χ4n) is 3.76. The third kappa shape index (κ3) is 2.09. The van der Waals surface area contributed by atoms with Crippen molar-refractivity contribution in [2.45, 2.75) is 44.8 Å². The molecule has 0 bridgehead atoms. The van der Waals surface area contributed by atoms with Gasteiger partial charge in [0.05, 0.1) is 18.5 Å². The highest BCUT2D eigenvalue weighted by molar-refractivity contribution is 5.39. The predicted molar refractivity (Wildman–Crippen MR) is 82.9 cm³/mol. The Hall–Kier alpha value is -1.95. The third-order valence-corrected chi connectivity index (χ3v) is 5.12. The molecule has 1 N–H and O–H groups in total. The molecule has 2 saturated carbocycles. The first-order chi connectivity index (χ1) is 10.8. The van der Waals surface area contributed by atoms with E-state index in [1.807, 2.05) is 12.3 Å². The number of hydrogen-bond acceptors (Lipinski definition) is 5. The summed E-state index contributed by atoms with van der Waals surface area (Å²) in [4.78, 5) is 8.90. The molecule has 2 aromatic heterocycles. The van der Waals surface area contributed by atoms with E-state index in [0.717, 1.165) is 24.7 Å². The van der Waals surface area contributed by atoms with E-state index in [2.05, 4.69) is 27.3 Å². The highest BCUT2D eigenvalue weighted by Gasteiger charge is 2.59. The molecular weight excluding hydrogens is 278 g/mol. The van der Waals surface area contributed by atoms with Crippen molar-refractivity contribution < 1.29 is 4.74 Å². The van der Waals surface area contributed by atoms with Crippen molar-refractivity contribution in [3.8, 4) is 5.82 Å². The van der Waals surface area contributed by atoms with Crippen LogP contribution >= 0.6 is 0 Å². The van der Waals surface area contributed by atoms with Crippen molar-refractivity contribution in [1.29, 1.82) is 0 Å². The van der Waals surface area contributed by atoms with Gasteiger partial charge in [-0.25, -0.2) is 9.67 Å². The van der Waals surface area contributed by atoms with Gasteiger partial charge in [-0.15, -0.1) is 0 Å². The van der Waals surface area contributed by atoms with Crippen LogP contribution in [0, 0.1) is 5.41 Å². The van der Waals surface area contributed by atoms with Crippen LogP contribution in [0.2, 0.25) is 0 Å². The lowest BCUT2D eigenvalue weighted by molar-refractivity contribution is -0.157. The number of nitrogens with one attached hydrogen (secondary N) is 1. The average molecular weight is 299 g/mol. The average Bonchev–Trinajstić information content (AvgIpc) is 2.99. The molecule has 0 aromatic carbocycles. The summed E-state index contributed by atoms with van der Waals surface area (Å²) in [7, 11) is 0. The Morgan fingerprint density at radius 1 is 1.41 bits per heavy atom. The second kappa shape index (κ2) is 5.35. The summed E-state index contributed by atoms with van der Waals surface area (Å²) in [5.41, 5.74) is 0.319. The first-order valence-corrected chi connectivity index (χ1v) is 8.02. The Labute approximate surface area is 129 Å². The van der Waals surface area contributed by atoms with Gasteiger partial charge >= 0.3 is 0 Å². The van der Waals surface area contributed by atoms with Crippen molar-refractivity contribution in [3.63, 3.8) is 0 Å². The Morgan fingerprint density at radius 2 is 2.32 bits per heavy atom. The van der Waals surface area contributed by atoms with E-state index in [1.54, 1.807) is 23.3 Å². The van der Waals surface area contributed by atoms with E-state index < -0.39 is 0 Å². The number of hydrogen-bond donors (Lipinski definition) is 1. The Balaban J connectivity index is 1.49. The molecule has 2 fully saturated rings. The first-order valence-electron chi connectivity index (χ1n) is 8.02. The molecule has 22 heavy (non-hydrogen) atoms. The minimum atomic E-state index is 0.319. The van der Waals surface area contributed by atoms with Crippen LogP contribution in [0.4, 0.5) is 5.82 Å². The highest BCUT2D eigenvalue weighted by Crippen LogP contribution is 2.58. The molecule has 0 saturated heterocycles. The fourth-order valence-corrected chi connectivity index (χ4v) is 3.76. The monoisotopic (exact) mass is 299 g/mol. The van der Waals surface area contributed by atoms with Crippen molar-refractivity contribution in [2.75, 3.05) is 11.9 Å². The minimum absolute atomic E-state index is 0.319. The summed E-state index contributed by atoms with van der Waals surface area (Å²) in [5.74, 6) is 1.55. The van der Waals surface area contributed by atoms with Crippen LogP contribution in [0.25, 0.3) is 5.82 Å². The van der Waals surface area contributed by atoms with E-state index in [4.69, 9.17) is 4.74 Å². The number of anilines is 1. The molecular formula is C16H21N5O. The van der Waals surface area contributed by atoms with E-state index in [0.29, 0.717) is 17.6 Å². The van der Waals surface area contributed by atoms with E-state index in [-0.39, 0.29) is 0 Å². The zero-order valence-corrected chi connectivity index (χ0v) is 12.8. The Kier molecular flexibility index (Phi) is 3.33. The third-order valence-electron chi connectivity index (χ3n) is 5.12. The SMILES string of the molecule is CCO[C@H]1C[C@H](Nc2cncc(-n3cccn3)n2)C12CCC2. The lowest BCUT2D eigenvalue weighted by Crippen LogP contribution is -2.64. The molecule has 2 aliphatic rings. The lowest BCUT2D eigenvalue weighted by Gasteiger charge is -2.61. The maximum Gasteiger partial charge on any atom is 0.173 e. The molecule has 4 rings (SSSR count). The second-order valence-corrected chi connectivity index (χ2v) is 6.18. The zero-order valence-electron chi connectivity index (χ0n) is 12.8. The maximum atomic E-state index is 5.90. The minimum Gasteiger partial charge on any atom is -0.378 e. The first kappa shape index (κ1) is 13.7. The van der Waals surface area contributed by atoms with Gasteiger partial charge in [-0.3, -0.25) is 4.98 Å². The summed E-state index contributed by atoms with van der Waals surface area (Å²) in [5, 5.41) is 7.77. The van der Waals surface area contributed by atoms with Gasteiger partial charge in [-0.1, -0.05) is 6.42 Å². The smallest absolute Gasteiger partial charge is 0.173 e. The summed E-state index contributed by atoms with van der Waals surface area (Å²) in [6.45, 7) is 2.87. The van der Waals surface area contributed by atoms with Gasteiger partial charge in [0.2, 0.25) is 0 Å². The summed E-state index contributed by atoms with van der Waals surface area (Å²) in [6.07, 6.45) is 12.4. The zero-order chi connectivity index (χ0) is 15.0. The van der Waals surface area contributed by atoms with Crippen molar-refractivity contribution in [3.05, 3.63) is 30.9 Å². The van der Waals surface area contributed by atoms with E-state index in [1.165, 1.54) is 19.3 Å². The van der Waals surface area contributed by atoms with Crippen LogP contribution in [0.1, 0.15) is 32.6 Å². The Morgan fingerprint density at radius 3 is 3.00 bits per heavy atom. The molecule has 0 radical (unpaired) electrons. The topological polar surface area (TPSA) is 64.9 Å². The van der Waals surface area contributed by atoms with E-state index in [9.17, 15) is 0 Å². The molecule has 2 aromatic rings. The van der Waals surface area contributed by atoms with Crippen molar-refractivity contribution >= 4 is 5.82 Å². The standard InChI is InChI=1S/C16H21N5O/c1-2-22-13-9-12(16(13)5-3-6-16)19-14-10-17-11-15(20-14)21-8-4-7-18-21/h4,7-8,10-13H,2-3,5-6,9H2,1H3,(H,19,20)/t12-,13-/m0/s1. The molecule has 116 valence electrons. The molecule has 0 amide bonds. The van der Waals surface area contributed by atoms with Crippen LogP contribution in [-0.2, 0) is 4.74 Å². The van der Waals surface area contributed by atoms with Crippen molar-refractivity contribution in [2.24, 2.45) is 5.41 Å². The fraction of sp³-hybridized carbons (Fsp3) is 0.562. The number of aromatic nitrogens is 4. The van der Waals surface area contributed by atoms with Crippen molar-refractivity contribution in [1.82, 2.24) is 19.7 Å². The number of nitrogens with zero attached hydrogens (tertiary/aromatic N) is 4. The largest absolute Gasteiger partial charge is 0.378 e. The molecule has 2 heterocycles. The maximum absolute atomic E-state index is 5.90. The van der Waals surface area contributed by atoms with Crippen LogP contribution < -0.4 is 5.32 Å². The lowest BCUT2D eigenvalue weighted by atomic mass is 9.51. The van der Waals surface area contributed by atoms with Gasteiger partial charge < -0.3 is 10.1 Å². The van der Waals surface area contributed by atoms with Gasteiger partial charge in [0.1, 0.15) is 5.82 Å². The van der Waals surface area contributed by atoms with Gasteiger partial charge in [-0.2, -0.15) is 5.10 Å².